The largest absolute Gasteiger partial charge is 0.497 e. The van der Waals surface area contributed by atoms with Crippen LogP contribution in [-0.4, -0.2) is 27.6 Å². The molecule has 0 aliphatic carbocycles. The van der Waals surface area contributed by atoms with E-state index in [0.29, 0.717) is 10.9 Å². The predicted molar refractivity (Wildman–Crippen MR) is 72.5 cm³/mol. The van der Waals surface area contributed by atoms with Crippen LogP contribution in [0.4, 0.5) is 5.13 Å². The number of sulfonamides is 1. The van der Waals surface area contributed by atoms with Gasteiger partial charge in [0, 0.05) is 17.6 Å². The number of aromatic nitrogens is 1. The molecule has 0 spiro atoms. The Labute approximate surface area is 115 Å². The van der Waals surface area contributed by atoms with Crippen LogP contribution in [0.15, 0.2) is 34.7 Å². The predicted octanol–water partition coefficient (Wildman–Crippen LogP) is 1.96. The maximum atomic E-state index is 12.2. The summed E-state index contributed by atoms with van der Waals surface area (Å²) in [6.45, 7) is 0. The van der Waals surface area contributed by atoms with Gasteiger partial charge in [-0.25, -0.2) is 13.4 Å². The quantitative estimate of drug-likeness (QED) is 0.913. The molecule has 2 aromatic rings. The molecule has 0 bridgehead atoms. The van der Waals surface area contributed by atoms with Gasteiger partial charge in [-0.2, -0.15) is 0 Å². The molecule has 0 radical (unpaired) electrons. The Morgan fingerprint density at radius 3 is 2.63 bits per heavy atom. The molecule has 0 unspecified atom stereocenters. The fourth-order valence-corrected chi connectivity index (χ4v) is 3.38. The van der Waals surface area contributed by atoms with Crippen LogP contribution in [0.2, 0.25) is 0 Å². The van der Waals surface area contributed by atoms with Crippen LogP contribution < -0.4 is 14.2 Å². The summed E-state index contributed by atoms with van der Waals surface area (Å²) in [7, 11) is -0.837. The van der Waals surface area contributed by atoms with E-state index in [9.17, 15) is 8.42 Å². The van der Waals surface area contributed by atoms with E-state index in [1.165, 1.54) is 43.9 Å². The average molecular weight is 300 g/mol. The number of nitrogens with one attached hydrogen (secondary N) is 1. The topological polar surface area (TPSA) is 77.5 Å². The fourth-order valence-electron chi connectivity index (χ4n) is 1.44. The Balaban J connectivity index is 2.40. The zero-order valence-corrected chi connectivity index (χ0v) is 11.9. The number of thiazole rings is 1. The lowest BCUT2D eigenvalue weighted by Gasteiger charge is -2.11. The van der Waals surface area contributed by atoms with Gasteiger partial charge in [0.25, 0.3) is 10.0 Å². The smallest absolute Gasteiger partial charge is 0.267 e. The first kappa shape index (κ1) is 13.6. The second-order valence-electron chi connectivity index (χ2n) is 3.46. The van der Waals surface area contributed by atoms with Crippen LogP contribution in [0.25, 0.3) is 0 Å². The molecule has 19 heavy (non-hydrogen) atoms. The summed E-state index contributed by atoms with van der Waals surface area (Å²) in [6, 6.07) is 4.49. The minimum atomic E-state index is -3.73. The normalized spacial score (nSPS) is 11.1. The van der Waals surface area contributed by atoms with Crippen molar-refractivity contribution >= 4 is 26.5 Å². The third-order valence-corrected chi connectivity index (χ3v) is 4.51. The molecule has 1 N–H and O–H groups in total. The summed E-state index contributed by atoms with van der Waals surface area (Å²) < 4.78 is 36.9. The Hall–Kier alpha value is -1.80. The number of ether oxygens (including phenoxy) is 2. The average Bonchev–Trinajstić information content (AvgIpc) is 2.89. The van der Waals surface area contributed by atoms with Gasteiger partial charge in [-0.3, -0.25) is 4.72 Å². The fraction of sp³-hybridized carbons (Fsp3) is 0.182. The Bertz CT molecular complexity index is 653. The minimum absolute atomic E-state index is 0.0333. The lowest BCUT2D eigenvalue weighted by Crippen LogP contribution is -2.13. The number of benzene rings is 1. The maximum Gasteiger partial charge on any atom is 0.267 e. The van der Waals surface area contributed by atoms with Crippen LogP contribution in [0.1, 0.15) is 0 Å². The first-order chi connectivity index (χ1) is 9.06. The molecule has 0 atom stereocenters. The lowest BCUT2D eigenvalue weighted by molar-refractivity contribution is 0.386. The second-order valence-corrected chi connectivity index (χ2v) is 6.00. The van der Waals surface area contributed by atoms with Crippen molar-refractivity contribution in [2.45, 2.75) is 4.90 Å². The van der Waals surface area contributed by atoms with Crippen LogP contribution in [0, 0.1) is 0 Å². The summed E-state index contributed by atoms with van der Waals surface area (Å²) in [5.41, 5.74) is 0. The van der Waals surface area contributed by atoms with Crippen LogP contribution >= 0.6 is 11.3 Å². The van der Waals surface area contributed by atoms with E-state index in [2.05, 4.69) is 9.71 Å². The third kappa shape index (κ3) is 2.96. The molecule has 8 heteroatoms. The summed E-state index contributed by atoms with van der Waals surface area (Å²) in [4.78, 5) is 3.91. The van der Waals surface area contributed by atoms with E-state index < -0.39 is 10.0 Å². The van der Waals surface area contributed by atoms with Crippen molar-refractivity contribution in [2.75, 3.05) is 18.9 Å². The molecule has 0 fully saturated rings. The zero-order chi connectivity index (χ0) is 13.9. The van der Waals surface area contributed by atoms with Gasteiger partial charge in [0.05, 0.1) is 14.2 Å². The van der Waals surface area contributed by atoms with Crippen LogP contribution in [0.5, 0.6) is 11.5 Å². The summed E-state index contributed by atoms with van der Waals surface area (Å²) in [5.74, 6) is 0.730. The van der Waals surface area contributed by atoms with Gasteiger partial charge in [-0.1, -0.05) is 0 Å². The highest BCUT2D eigenvalue weighted by atomic mass is 32.2. The van der Waals surface area contributed by atoms with Crippen molar-refractivity contribution in [3.8, 4) is 11.5 Å². The SMILES string of the molecule is COc1ccc(S(=O)(=O)Nc2nccs2)c(OC)c1. The monoisotopic (exact) mass is 300 g/mol. The second kappa shape index (κ2) is 5.45. The number of methoxy groups -OCH3 is 2. The van der Waals surface area contributed by atoms with Gasteiger partial charge in [0.1, 0.15) is 16.4 Å². The molecule has 102 valence electrons. The number of rotatable bonds is 5. The summed E-state index contributed by atoms with van der Waals surface area (Å²) in [6.07, 6.45) is 1.52. The molecule has 1 aromatic carbocycles. The molecule has 1 aromatic heterocycles. The van der Waals surface area contributed by atoms with Crippen LogP contribution in [-0.2, 0) is 10.0 Å². The van der Waals surface area contributed by atoms with Crippen molar-refractivity contribution < 1.29 is 17.9 Å². The van der Waals surface area contributed by atoms with E-state index >= 15 is 0 Å². The van der Waals surface area contributed by atoms with Gasteiger partial charge < -0.3 is 9.47 Å². The van der Waals surface area contributed by atoms with E-state index in [-0.39, 0.29) is 10.6 Å². The third-order valence-electron chi connectivity index (χ3n) is 2.31. The molecule has 0 aliphatic rings. The highest BCUT2D eigenvalue weighted by molar-refractivity contribution is 7.93. The Kier molecular flexibility index (Phi) is 3.91. The molecule has 0 amide bonds. The highest BCUT2D eigenvalue weighted by Crippen LogP contribution is 2.29. The molecule has 1 heterocycles. The van der Waals surface area contributed by atoms with Gasteiger partial charge in [-0.15, -0.1) is 11.3 Å². The van der Waals surface area contributed by atoms with E-state index in [0.717, 1.165) is 0 Å². The minimum Gasteiger partial charge on any atom is -0.497 e. The van der Waals surface area contributed by atoms with Crippen molar-refractivity contribution in [3.63, 3.8) is 0 Å². The highest BCUT2D eigenvalue weighted by Gasteiger charge is 2.21. The standard InChI is InChI=1S/C11H12N2O4S2/c1-16-8-3-4-10(9(7-8)17-2)19(14,15)13-11-12-5-6-18-11/h3-7H,1-2H3,(H,12,13). The lowest BCUT2D eigenvalue weighted by atomic mass is 10.3. The van der Waals surface area contributed by atoms with Crippen molar-refractivity contribution in [2.24, 2.45) is 0 Å². The van der Waals surface area contributed by atoms with Gasteiger partial charge in [-0.05, 0) is 12.1 Å². The van der Waals surface area contributed by atoms with Gasteiger partial charge in [0.2, 0.25) is 0 Å². The molecular formula is C11H12N2O4S2. The van der Waals surface area contributed by atoms with Crippen molar-refractivity contribution in [1.29, 1.82) is 0 Å². The number of hydrogen-bond acceptors (Lipinski definition) is 6. The molecule has 0 aliphatic heterocycles. The summed E-state index contributed by atoms with van der Waals surface area (Å²) in [5, 5.41) is 1.99. The van der Waals surface area contributed by atoms with Crippen molar-refractivity contribution in [1.82, 2.24) is 4.98 Å². The van der Waals surface area contributed by atoms with Gasteiger partial charge in [0.15, 0.2) is 5.13 Å². The summed E-state index contributed by atoms with van der Waals surface area (Å²) >= 11 is 1.20. The Morgan fingerprint density at radius 1 is 1.26 bits per heavy atom. The number of nitrogens with zero attached hydrogens (tertiary/aromatic N) is 1. The van der Waals surface area contributed by atoms with E-state index in [4.69, 9.17) is 9.47 Å². The van der Waals surface area contributed by atoms with Gasteiger partial charge >= 0.3 is 0 Å². The number of hydrogen-bond donors (Lipinski definition) is 1. The van der Waals surface area contributed by atoms with E-state index in [1.54, 1.807) is 11.4 Å². The van der Waals surface area contributed by atoms with E-state index in [1.807, 2.05) is 0 Å². The number of anilines is 1. The zero-order valence-electron chi connectivity index (χ0n) is 10.3. The van der Waals surface area contributed by atoms with Crippen LogP contribution in [0.3, 0.4) is 0 Å². The molecular weight excluding hydrogens is 288 g/mol. The molecule has 6 nitrogen and oxygen atoms in total. The molecule has 0 saturated carbocycles. The first-order valence-electron chi connectivity index (χ1n) is 5.21. The van der Waals surface area contributed by atoms with Crippen molar-refractivity contribution in [3.05, 3.63) is 29.8 Å². The molecule has 0 saturated heterocycles. The Morgan fingerprint density at radius 2 is 2.05 bits per heavy atom. The molecule has 2 rings (SSSR count). The first-order valence-corrected chi connectivity index (χ1v) is 7.57. The maximum absolute atomic E-state index is 12.2.